The lowest BCUT2D eigenvalue weighted by Crippen LogP contribution is -2.32. The fourth-order valence-electron chi connectivity index (χ4n) is 3.62. The molecule has 0 spiro atoms. The van der Waals surface area contributed by atoms with Gasteiger partial charge >= 0.3 is 0 Å². The molecule has 4 rings (SSSR count). The first kappa shape index (κ1) is 15.6. The Hall–Kier alpha value is -1.91. The minimum absolute atomic E-state index is 0.162. The maximum absolute atomic E-state index is 13.2. The van der Waals surface area contributed by atoms with Gasteiger partial charge in [0, 0.05) is 30.7 Å². The van der Waals surface area contributed by atoms with Crippen LogP contribution >= 0.6 is 0 Å². The van der Waals surface area contributed by atoms with Gasteiger partial charge in [-0.1, -0.05) is 12.8 Å². The Morgan fingerprint density at radius 1 is 1.17 bits per heavy atom. The van der Waals surface area contributed by atoms with Gasteiger partial charge in [-0.05, 0) is 45.6 Å². The number of aromatic nitrogens is 3. The van der Waals surface area contributed by atoms with Crippen LogP contribution in [-0.4, -0.2) is 38.7 Å². The number of amides is 1. The molecule has 0 atom stereocenters. The number of rotatable bonds is 3. The molecule has 2 aromatic heterocycles. The van der Waals surface area contributed by atoms with Gasteiger partial charge in [-0.3, -0.25) is 4.79 Å². The standard InChI is InChI=1S/C19H26N4O/c1-13(2)23-18-16(12-20-23)15(11-17(21-18)14-7-8-14)19(24)22-9-5-3-4-6-10-22/h11-14H,3-10H2,1-2H3. The van der Waals surface area contributed by atoms with Crippen molar-refractivity contribution in [2.24, 2.45) is 0 Å². The third kappa shape index (κ3) is 2.80. The summed E-state index contributed by atoms with van der Waals surface area (Å²) >= 11 is 0. The Morgan fingerprint density at radius 2 is 1.88 bits per heavy atom. The SMILES string of the molecule is CC(C)n1ncc2c(C(=O)N3CCCCCC3)cc(C3CC3)nc21. The minimum atomic E-state index is 0.162. The third-order valence-corrected chi connectivity index (χ3v) is 5.19. The van der Waals surface area contributed by atoms with E-state index < -0.39 is 0 Å². The van der Waals surface area contributed by atoms with Crippen molar-refractivity contribution in [1.29, 1.82) is 0 Å². The van der Waals surface area contributed by atoms with E-state index in [2.05, 4.69) is 18.9 Å². The van der Waals surface area contributed by atoms with Crippen LogP contribution in [0, 0.1) is 0 Å². The zero-order chi connectivity index (χ0) is 16.7. The molecule has 1 saturated heterocycles. The molecule has 1 amide bonds. The van der Waals surface area contributed by atoms with E-state index in [9.17, 15) is 4.79 Å². The minimum Gasteiger partial charge on any atom is -0.339 e. The molecule has 0 radical (unpaired) electrons. The van der Waals surface area contributed by atoms with Crippen molar-refractivity contribution in [2.75, 3.05) is 13.1 Å². The van der Waals surface area contributed by atoms with Gasteiger partial charge in [-0.2, -0.15) is 5.10 Å². The van der Waals surface area contributed by atoms with Crippen LogP contribution in [0.25, 0.3) is 11.0 Å². The number of hydrogen-bond donors (Lipinski definition) is 0. The third-order valence-electron chi connectivity index (χ3n) is 5.19. The lowest BCUT2D eigenvalue weighted by Gasteiger charge is -2.21. The average Bonchev–Trinajstić information content (AvgIpc) is 3.37. The van der Waals surface area contributed by atoms with Crippen LogP contribution < -0.4 is 0 Å². The number of nitrogens with zero attached hydrogens (tertiary/aromatic N) is 4. The van der Waals surface area contributed by atoms with Gasteiger partial charge in [0.15, 0.2) is 5.65 Å². The molecule has 2 fully saturated rings. The van der Waals surface area contributed by atoms with Gasteiger partial charge in [0.25, 0.3) is 5.91 Å². The Bertz CT molecular complexity index is 752. The second-order valence-corrected chi connectivity index (χ2v) is 7.50. The normalized spacial score (nSPS) is 19.0. The molecule has 0 aromatic carbocycles. The van der Waals surface area contributed by atoms with Gasteiger partial charge in [0.2, 0.25) is 0 Å². The zero-order valence-electron chi connectivity index (χ0n) is 14.7. The maximum atomic E-state index is 13.2. The maximum Gasteiger partial charge on any atom is 0.254 e. The molecule has 5 nitrogen and oxygen atoms in total. The molecule has 1 aliphatic carbocycles. The van der Waals surface area contributed by atoms with E-state index in [1.54, 1.807) is 0 Å². The first-order valence-corrected chi connectivity index (χ1v) is 9.32. The van der Waals surface area contributed by atoms with Crippen LogP contribution in [0.4, 0.5) is 0 Å². The summed E-state index contributed by atoms with van der Waals surface area (Å²) < 4.78 is 1.94. The van der Waals surface area contributed by atoms with Gasteiger partial charge in [0.1, 0.15) is 0 Å². The molecule has 0 bridgehead atoms. The Kier molecular flexibility index (Phi) is 4.02. The summed E-state index contributed by atoms with van der Waals surface area (Å²) in [6.45, 7) is 5.96. The molecule has 1 aliphatic heterocycles. The molecule has 2 aromatic rings. The highest BCUT2D eigenvalue weighted by molar-refractivity contribution is 6.05. The van der Waals surface area contributed by atoms with Crippen LogP contribution in [-0.2, 0) is 0 Å². The Balaban J connectivity index is 1.79. The monoisotopic (exact) mass is 326 g/mol. The zero-order valence-corrected chi connectivity index (χ0v) is 14.7. The first-order chi connectivity index (χ1) is 11.6. The molecular formula is C19H26N4O. The quantitative estimate of drug-likeness (QED) is 0.859. The number of likely N-dealkylation sites (tertiary alicyclic amines) is 1. The highest BCUT2D eigenvalue weighted by Gasteiger charge is 2.29. The van der Waals surface area contributed by atoms with Crippen molar-refractivity contribution in [3.63, 3.8) is 0 Å². The summed E-state index contributed by atoms with van der Waals surface area (Å²) in [5, 5.41) is 5.41. The number of fused-ring (bicyclic) bond motifs is 1. The lowest BCUT2D eigenvalue weighted by molar-refractivity contribution is 0.0763. The summed E-state index contributed by atoms with van der Waals surface area (Å²) in [6, 6.07) is 2.28. The average molecular weight is 326 g/mol. The van der Waals surface area contributed by atoms with Crippen molar-refractivity contribution in [3.05, 3.63) is 23.5 Å². The summed E-state index contributed by atoms with van der Waals surface area (Å²) in [7, 11) is 0. The number of pyridine rings is 1. The highest BCUT2D eigenvalue weighted by Crippen LogP contribution is 2.40. The molecule has 1 saturated carbocycles. The second kappa shape index (κ2) is 6.19. The predicted molar refractivity (Wildman–Crippen MR) is 94.3 cm³/mol. The van der Waals surface area contributed by atoms with Crippen molar-refractivity contribution in [2.45, 2.75) is 64.3 Å². The van der Waals surface area contributed by atoms with E-state index in [0.717, 1.165) is 48.2 Å². The highest BCUT2D eigenvalue weighted by atomic mass is 16.2. The summed E-state index contributed by atoms with van der Waals surface area (Å²) in [5.74, 6) is 0.690. The lowest BCUT2D eigenvalue weighted by atomic mass is 10.1. The van der Waals surface area contributed by atoms with Crippen LogP contribution in [0.15, 0.2) is 12.3 Å². The van der Waals surface area contributed by atoms with E-state index >= 15 is 0 Å². The molecule has 5 heteroatoms. The van der Waals surface area contributed by atoms with Crippen LogP contribution in [0.5, 0.6) is 0 Å². The predicted octanol–water partition coefficient (Wildman–Crippen LogP) is 3.91. The number of carbonyl (C=O) groups is 1. The van der Waals surface area contributed by atoms with E-state index in [0.29, 0.717) is 5.92 Å². The van der Waals surface area contributed by atoms with Gasteiger partial charge in [-0.15, -0.1) is 0 Å². The largest absolute Gasteiger partial charge is 0.339 e. The van der Waals surface area contributed by atoms with Crippen molar-refractivity contribution in [3.8, 4) is 0 Å². The Morgan fingerprint density at radius 3 is 2.50 bits per heavy atom. The van der Waals surface area contributed by atoms with Crippen LogP contribution in [0.1, 0.15) is 80.4 Å². The smallest absolute Gasteiger partial charge is 0.254 e. The topological polar surface area (TPSA) is 51.0 Å². The van der Waals surface area contributed by atoms with E-state index in [4.69, 9.17) is 4.98 Å². The molecule has 2 aliphatic rings. The molecule has 0 unspecified atom stereocenters. The molecule has 128 valence electrons. The van der Waals surface area contributed by atoms with Crippen LogP contribution in [0.3, 0.4) is 0 Å². The van der Waals surface area contributed by atoms with Gasteiger partial charge < -0.3 is 4.90 Å². The second-order valence-electron chi connectivity index (χ2n) is 7.50. The number of carbonyl (C=O) groups excluding carboxylic acids is 1. The first-order valence-electron chi connectivity index (χ1n) is 9.32. The van der Waals surface area contributed by atoms with E-state index in [-0.39, 0.29) is 11.9 Å². The fraction of sp³-hybridized carbons (Fsp3) is 0.632. The van der Waals surface area contributed by atoms with E-state index in [1.807, 2.05) is 21.8 Å². The summed E-state index contributed by atoms with van der Waals surface area (Å²) in [5.41, 5.74) is 2.74. The molecule has 24 heavy (non-hydrogen) atoms. The molecule has 0 N–H and O–H groups in total. The van der Waals surface area contributed by atoms with Crippen molar-refractivity contribution >= 4 is 16.9 Å². The molecule has 3 heterocycles. The summed E-state index contributed by atoms with van der Waals surface area (Å²) in [4.78, 5) is 20.1. The van der Waals surface area contributed by atoms with Gasteiger partial charge in [0.05, 0.1) is 17.1 Å². The fourth-order valence-corrected chi connectivity index (χ4v) is 3.62. The Labute approximate surface area is 143 Å². The summed E-state index contributed by atoms with van der Waals surface area (Å²) in [6.07, 6.45) is 8.88. The van der Waals surface area contributed by atoms with Crippen molar-refractivity contribution < 1.29 is 4.79 Å². The van der Waals surface area contributed by atoms with E-state index in [1.165, 1.54) is 25.7 Å². The van der Waals surface area contributed by atoms with Gasteiger partial charge in [-0.25, -0.2) is 9.67 Å². The number of hydrogen-bond acceptors (Lipinski definition) is 3. The molecular weight excluding hydrogens is 300 g/mol. The van der Waals surface area contributed by atoms with Crippen molar-refractivity contribution in [1.82, 2.24) is 19.7 Å². The van der Waals surface area contributed by atoms with Crippen LogP contribution in [0.2, 0.25) is 0 Å².